The second kappa shape index (κ2) is 5.56. The number of nitrogens with one attached hydrogen (secondary N) is 1. The van der Waals surface area contributed by atoms with Crippen molar-refractivity contribution in [3.63, 3.8) is 0 Å². The van der Waals surface area contributed by atoms with Crippen LogP contribution in [0.4, 0.5) is 5.69 Å². The van der Waals surface area contributed by atoms with Gasteiger partial charge in [-0.25, -0.2) is 0 Å². The molecule has 104 valence electrons. The zero-order valence-corrected chi connectivity index (χ0v) is 11.9. The van der Waals surface area contributed by atoms with E-state index in [1.165, 1.54) is 10.6 Å². The molecule has 1 aromatic carbocycles. The molecule has 1 aromatic heterocycles. The molecule has 0 radical (unpaired) electrons. The lowest BCUT2D eigenvalue weighted by atomic mass is 10.2. The molecular formula is C13H12Cl2N4O. The van der Waals surface area contributed by atoms with Crippen LogP contribution in [0.25, 0.3) is 0 Å². The van der Waals surface area contributed by atoms with Gasteiger partial charge in [-0.1, -0.05) is 29.3 Å². The zero-order valence-electron chi connectivity index (χ0n) is 10.4. The molecule has 1 heterocycles. The van der Waals surface area contributed by atoms with Gasteiger partial charge in [-0.05, 0) is 23.8 Å². The largest absolute Gasteiger partial charge is 0.398 e. The van der Waals surface area contributed by atoms with Crippen molar-refractivity contribution in [3.8, 4) is 0 Å². The van der Waals surface area contributed by atoms with Gasteiger partial charge in [0, 0.05) is 12.7 Å². The lowest BCUT2D eigenvalue weighted by molar-refractivity contribution is 0.0998. The number of hydrogen-bond donors (Lipinski definition) is 3. The van der Waals surface area contributed by atoms with E-state index in [0.29, 0.717) is 22.3 Å². The van der Waals surface area contributed by atoms with Gasteiger partial charge >= 0.3 is 0 Å². The molecule has 0 spiro atoms. The Hall–Kier alpha value is -1.98. The monoisotopic (exact) mass is 310 g/mol. The molecule has 2 aromatic rings. The Bertz CT molecular complexity index is 740. The Kier molecular flexibility index (Phi) is 4.01. The first-order valence-corrected chi connectivity index (χ1v) is 6.42. The van der Waals surface area contributed by atoms with E-state index in [2.05, 4.69) is 0 Å². The Morgan fingerprint density at radius 1 is 1.30 bits per heavy atom. The Morgan fingerprint density at radius 2 is 2.00 bits per heavy atom. The fourth-order valence-corrected chi connectivity index (χ4v) is 2.22. The van der Waals surface area contributed by atoms with E-state index in [-0.39, 0.29) is 11.1 Å². The number of carbonyl (C=O) groups excluding carboxylic acids is 1. The molecule has 1 amide bonds. The molecule has 0 aliphatic rings. The van der Waals surface area contributed by atoms with Crippen molar-refractivity contribution in [2.24, 2.45) is 5.73 Å². The summed E-state index contributed by atoms with van der Waals surface area (Å²) < 4.78 is 1.52. The maximum absolute atomic E-state index is 11.3. The fraction of sp³-hybridized carbons (Fsp3) is 0.0769. The number of amides is 1. The predicted molar refractivity (Wildman–Crippen MR) is 78.8 cm³/mol. The zero-order chi connectivity index (χ0) is 14.9. The van der Waals surface area contributed by atoms with Crippen molar-refractivity contribution in [1.82, 2.24) is 4.57 Å². The minimum absolute atomic E-state index is 0.00477. The number of rotatable bonds is 3. The maximum atomic E-state index is 11.3. The predicted octanol–water partition coefficient (Wildman–Crippen LogP) is 2.00. The number of halogens is 2. The first-order chi connectivity index (χ1) is 9.38. The molecule has 0 saturated heterocycles. The summed E-state index contributed by atoms with van der Waals surface area (Å²) >= 11 is 11.9. The van der Waals surface area contributed by atoms with Crippen LogP contribution < -0.4 is 17.0 Å². The molecule has 20 heavy (non-hydrogen) atoms. The van der Waals surface area contributed by atoms with E-state index >= 15 is 0 Å². The topological polar surface area (TPSA) is 97.9 Å². The number of benzene rings is 1. The van der Waals surface area contributed by atoms with Crippen molar-refractivity contribution in [1.29, 1.82) is 5.41 Å². The van der Waals surface area contributed by atoms with Crippen LogP contribution in [0, 0.1) is 5.41 Å². The number of pyridine rings is 1. The summed E-state index contributed by atoms with van der Waals surface area (Å²) in [6.45, 7) is 0.333. The van der Waals surface area contributed by atoms with Crippen LogP contribution in [0.2, 0.25) is 10.0 Å². The fourth-order valence-electron chi connectivity index (χ4n) is 1.79. The molecule has 5 N–H and O–H groups in total. The smallest absolute Gasteiger partial charge is 0.252 e. The number of nitrogens with zero attached hydrogens (tertiary/aromatic N) is 1. The number of carbonyl (C=O) groups is 1. The standard InChI is InChI=1S/C13H12Cl2N4O/c14-8-4-9(13(18)20)12(17)19(6-8)5-7-1-2-11(16)10(15)3-7/h1-4,6,17H,5,16H2,(H2,18,20). The number of nitrogen functional groups attached to an aromatic ring is 1. The van der Waals surface area contributed by atoms with Crippen molar-refractivity contribution >= 4 is 34.8 Å². The van der Waals surface area contributed by atoms with Crippen molar-refractivity contribution < 1.29 is 4.79 Å². The summed E-state index contributed by atoms with van der Waals surface area (Å²) in [5, 5.41) is 8.73. The van der Waals surface area contributed by atoms with E-state index in [0.717, 1.165) is 5.56 Å². The lowest BCUT2D eigenvalue weighted by Crippen LogP contribution is -2.29. The molecule has 5 nitrogen and oxygen atoms in total. The van der Waals surface area contributed by atoms with Gasteiger partial charge in [-0.15, -0.1) is 0 Å². The summed E-state index contributed by atoms with van der Waals surface area (Å²) in [4.78, 5) is 11.3. The number of anilines is 1. The van der Waals surface area contributed by atoms with Gasteiger partial charge in [-0.3, -0.25) is 10.2 Å². The SMILES string of the molecule is N=c1c(C(N)=O)cc(Cl)cn1Cc1ccc(N)c(Cl)c1. The summed E-state index contributed by atoms with van der Waals surface area (Å²) in [5.41, 5.74) is 12.2. The Morgan fingerprint density at radius 3 is 2.60 bits per heavy atom. The van der Waals surface area contributed by atoms with E-state index in [1.807, 2.05) is 0 Å². The van der Waals surface area contributed by atoms with Gasteiger partial charge in [0.25, 0.3) is 5.91 Å². The summed E-state index contributed by atoms with van der Waals surface area (Å²) in [6, 6.07) is 6.55. The van der Waals surface area contributed by atoms with Crippen molar-refractivity contribution in [2.75, 3.05) is 5.73 Å². The van der Waals surface area contributed by atoms with Crippen molar-refractivity contribution in [2.45, 2.75) is 6.54 Å². The third-order valence-corrected chi connectivity index (χ3v) is 3.32. The quantitative estimate of drug-likeness (QED) is 0.756. The minimum atomic E-state index is -0.693. The summed E-state index contributed by atoms with van der Waals surface area (Å²) in [6.07, 6.45) is 1.56. The molecule has 0 bridgehead atoms. The third-order valence-electron chi connectivity index (χ3n) is 2.79. The van der Waals surface area contributed by atoms with Crippen LogP contribution in [-0.2, 0) is 6.54 Å². The van der Waals surface area contributed by atoms with Crippen LogP contribution in [0.1, 0.15) is 15.9 Å². The number of primary amides is 1. The molecule has 0 fully saturated rings. The summed E-state index contributed by atoms with van der Waals surface area (Å²) in [5.74, 6) is -0.693. The van der Waals surface area contributed by atoms with Crippen LogP contribution in [0.15, 0.2) is 30.5 Å². The highest BCUT2D eigenvalue weighted by molar-refractivity contribution is 6.33. The molecule has 0 unspecified atom stereocenters. The van der Waals surface area contributed by atoms with Crippen LogP contribution in [-0.4, -0.2) is 10.5 Å². The average Bonchev–Trinajstić information content (AvgIpc) is 2.37. The molecule has 0 aliphatic heterocycles. The van der Waals surface area contributed by atoms with Gasteiger partial charge in [0.05, 0.1) is 21.3 Å². The molecule has 0 aliphatic carbocycles. The average molecular weight is 311 g/mol. The van der Waals surface area contributed by atoms with Gasteiger partial charge in [0.2, 0.25) is 0 Å². The van der Waals surface area contributed by atoms with E-state index in [4.69, 9.17) is 40.1 Å². The minimum Gasteiger partial charge on any atom is -0.398 e. The van der Waals surface area contributed by atoms with Gasteiger partial charge in [0.1, 0.15) is 5.49 Å². The van der Waals surface area contributed by atoms with E-state index in [1.54, 1.807) is 24.4 Å². The van der Waals surface area contributed by atoms with Crippen LogP contribution in [0.3, 0.4) is 0 Å². The molecule has 0 saturated carbocycles. The van der Waals surface area contributed by atoms with E-state index in [9.17, 15) is 4.79 Å². The second-order valence-electron chi connectivity index (χ2n) is 4.27. The number of hydrogen-bond acceptors (Lipinski definition) is 3. The maximum Gasteiger partial charge on any atom is 0.252 e. The Labute approximate surface area is 125 Å². The van der Waals surface area contributed by atoms with Gasteiger partial charge in [0.15, 0.2) is 0 Å². The second-order valence-corrected chi connectivity index (χ2v) is 5.11. The third kappa shape index (κ3) is 2.95. The first kappa shape index (κ1) is 14.4. The van der Waals surface area contributed by atoms with Crippen molar-refractivity contribution in [3.05, 3.63) is 57.1 Å². The van der Waals surface area contributed by atoms with E-state index < -0.39 is 5.91 Å². The summed E-state index contributed by atoms with van der Waals surface area (Å²) in [7, 11) is 0. The number of aromatic nitrogens is 1. The first-order valence-electron chi connectivity index (χ1n) is 5.67. The van der Waals surface area contributed by atoms with Gasteiger partial charge in [-0.2, -0.15) is 0 Å². The van der Waals surface area contributed by atoms with Gasteiger partial charge < -0.3 is 16.0 Å². The lowest BCUT2D eigenvalue weighted by Gasteiger charge is -2.11. The van der Waals surface area contributed by atoms with Crippen LogP contribution >= 0.6 is 23.2 Å². The highest BCUT2D eigenvalue weighted by Crippen LogP contribution is 2.20. The number of nitrogens with two attached hydrogens (primary N) is 2. The molecule has 0 atom stereocenters. The molecule has 7 heteroatoms. The highest BCUT2D eigenvalue weighted by atomic mass is 35.5. The normalized spacial score (nSPS) is 10.5. The molecule has 2 rings (SSSR count). The molecular weight excluding hydrogens is 299 g/mol. The van der Waals surface area contributed by atoms with Crippen LogP contribution in [0.5, 0.6) is 0 Å². The highest BCUT2D eigenvalue weighted by Gasteiger charge is 2.09. The Balaban J connectivity index is 2.45.